The van der Waals surface area contributed by atoms with Crippen molar-refractivity contribution in [3.63, 3.8) is 0 Å². The monoisotopic (exact) mass is 258 g/mol. The Morgan fingerprint density at radius 2 is 2.06 bits per heavy atom. The second-order valence-electron chi connectivity index (χ2n) is 4.18. The topological polar surface area (TPSA) is 29.3 Å². The van der Waals surface area contributed by atoms with Crippen molar-refractivity contribution in [3.05, 3.63) is 35.4 Å². The number of thiocarbonyl (C=S) groups is 1. The fraction of sp³-hybridized carbons (Fsp3) is 0.417. The molecule has 5 heteroatoms. The summed E-state index contributed by atoms with van der Waals surface area (Å²) in [7, 11) is 1.89. The molecule has 0 amide bonds. The highest BCUT2D eigenvalue weighted by Crippen LogP contribution is 2.12. The maximum absolute atomic E-state index is 13.0. The first-order chi connectivity index (χ1) is 7.90. The molecule has 1 aromatic carbocycles. The van der Waals surface area contributed by atoms with E-state index >= 15 is 0 Å². The first-order valence-corrected chi connectivity index (χ1v) is 5.73. The van der Waals surface area contributed by atoms with Gasteiger partial charge in [0.05, 0.1) is 4.99 Å². The molecule has 2 nitrogen and oxygen atoms in total. The van der Waals surface area contributed by atoms with Gasteiger partial charge in [-0.1, -0.05) is 18.3 Å². The van der Waals surface area contributed by atoms with Gasteiger partial charge in [-0.25, -0.2) is 8.78 Å². The Bertz CT molecular complexity index is 409. The molecule has 0 bridgehead atoms. The lowest BCUT2D eigenvalue weighted by Gasteiger charge is -2.24. The van der Waals surface area contributed by atoms with Crippen LogP contribution in [-0.4, -0.2) is 23.0 Å². The predicted octanol–water partition coefficient (Wildman–Crippen LogP) is 2.46. The number of nitrogens with zero attached hydrogens (tertiary/aromatic N) is 1. The number of rotatable bonds is 5. The third-order valence-corrected chi connectivity index (χ3v) is 2.83. The maximum atomic E-state index is 13.0. The van der Waals surface area contributed by atoms with Crippen molar-refractivity contribution in [1.29, 1.82) is 0 Å². The first-order valence-electron chi connectivity index (χ1n) is 5.32. The molecule has 1 aromatic rings. The zero-order chi connectivity index (χ0) is 13.0. The molecule has 94 valence electrons. The molecule has 2 N–H and O–H groups in total. The minimum atomic E-state index is -0.826. The van der Waals surface area contributed by atoms with Gasteiger partial charge >= 0.3 is 0 Å². The quantitative estimate of drug-likeness (QED) is 0.823. The summed E-state index contributed by atoms with van der Waals surface area (Å²) >= 11 is 4.84. The fourth-order valence-electron chi connectivity index (χ4n) is 1.53. The number of benzene rings is 1. The zero-order valence-electron chi connectivity index (χ0n) is 9.91. The summed E-state index contributed by atoms with van der Waals surface area (Å²) in [4.78, 5) is 2.45. The van der Waals surface area contributed by atoms with E-state index in [0.29, 0.717) is 18.0 Å². The van der Waals surface area contributed by atoms with Crippen LogP contribution in [0.5, 0.6) is 0 Å². The smallest absolute Gasteiger partial charge is 0.159 e. The van der Waals surface area contributed by atoms with E-state index in [0.717, 1.165) is 11.6 Å². The lowest BCUT2D eigenvalue weighted by molar-refractivity contribution is 0.254. The van der Waals surface area contributed by atoms with Gasteiger partial charge in [-0.2, -0.15) is 0 Å². The molecular weight excluding hydrogens is 242 g/mol. The summed E-state index contributed by atoms with van der Waals surface area (Å²) in [6.07, 6.45) is 0.607. The highest BCUT2D eigenvalue weighted by molar-refractivity contribution is 7.80. The lowest BCUT2D eigenvalue weighted by Crippen LogP contribution is -2.32. The lowest BCUT2D eigenvalue weighted by atomic mass is 10.1. The van der Waals surface area contributed by atoms with E-state index < -0.39 is 11.6 Å². The molecule has 0 heterocycles. The van der Waals surface area contributed by atoms with E-state index in [-0.39, 0.29) is 6.04 Å². The third kappa shape index (κ3) is 4.36. The normalized spacial score (nSPS) is 12.8. The molecule has 0 aliphatic carbocycles. The van der Waals surface area contributed by atoms with Gasteiger partial charge in [0.1, 0.15) is 0 Å². The van der Waals surface area contributed by atoms with Gasteiger partial charge in [0.15, 0.2) is 11.6 Å². The van der Waals surface area contributed by atoms with Crippen LogP contribution in [0.3, 0.4) is 0 Å². The molecule has 1 rings (SSSR count). The fourth-order valence-corrected chi connectivity index (χ4v) is 1.77. The van der Waals surface area contributed by atoms with Crippen LogP contribution < -0.4 is 5.73 Å². The second-order valence-corrected chi connectivity index (χ2v) is 4.71. The largest absolute Gasteiger partial charge is 0.393 e. The van der Waals surface area contributed by atoms with Gasteiger partial charge in [0, 0.05) is 19.0 Å². The van der Waals surface area contributed by atoms with E-state index in [2.05, 4.69) is 0 Å². The van der Waals surface area contributed by atoms with Crippen LogP contribution in [0, 0.1) is 11.6 Å². The average Bonchev–Trinajstić information content (AvgIpc) is 2.22. The van der Waals surface area contributed by atoms with Crippen LogP contribution in [0.25, 0.3) is 0 Å². The molecule has 0 fully saturated rings. The Balaban J connectivity index is 2.64. The Hall–Kier alpha value is -1.07. The minimum absolute atomic E-state index is 0.167. The Labute approximate surface area is 105 Å². The van der Waals surface area contributed by atoms with Crippen LogP contribution in [0.1, 0.15) is 18.9 Å². The van der Waals surface area contributed by atoms with Crippen LogP contribution >= 0.6 is 12.2 Å². The van der Waals surface area contributed by atoms with Gasteiger partial charge in [-0.05, 0) is 31.7 Å². The van der Waals surface area contributed by atoms with E-state index in [4.69, 9.17) is 18.0 Å². The van der Waals surface area contributed by atoms with Gasteiger partial charge in [0.25, 0.3) is 0 Å². The van der Waals surface area contributed by atoms with Gasteiger partial charge in [-0.3, -0.25) is 4.90 Å². The van der Waals surface area contributed by atoms with Gasteiger partial charge < -0.3 is 5.73 Å². The Morgan fingerprint density at radius 1 is 1.41 bits per heavy atom. The van der Waals surface area contributed by atoms with Crippen LogP contribution in [0.15, 0.2) is 18.2 Å². The van der Waals surface area contributed by atoms with Crippen molar-refractivity contribution in [1.82, 2.24) is 4.90 Å². The highest BCUT2D eigenvalue weighted by atomic mass is 32.1. The maximum Gasteiger partial charge on any atom is 0.159 e. The van der Waals surface area contributed by atoms with Crippen molar-refractivity contribution in [3.8, 4) is 0 Å². The minimum Gasteiger partial charge on any atom is -0.393 e. The summed E-state index contributed by atoms with van der Waals surface area (Å²) in [5.41, 5.74) is 6.19. The standard InChI is InChI=1S/C12H16F2N2S/c1-8(5-12(15)17)16(2)7-9-3-4-10(13)11(14)6-9/h3-4,6,8H,5,7H2,1-2H3,(H2,15,17). The average molecular weight is 258 g/mol. The Kier molecular flexibility index (Phi) is 4.96. The van der Waals surface area contributed by atoms with Crippen molar-refractivity contribution in [2.75, 3.05) is 7.05 Å². The highest BCUT2D eigenvalue weighted by Gasteiger charge is 2.11. The molecule has 0 aromatic heterocycles. The summed E-state index contributed by atoms with van der Waals surface area (Å²) in [6, 6.07) is 4.08. The molecule has 17 heavy (non-hydrogen) atoms. The molecule has 0 aliphatic rings. The Morgan fingerprint density at radius 3 is 2.59 bits per heavy atom. The van der Waals surface area contributed by atoms with Crippen molar-refractivity contribution < 1.29 is 8.78 Å². The number of nitrogens with two attached hydrogens (primary N) is 1. The van der Waals surface area contributed by atoms with E-state index in [1.54, 1.807) is 6.07 Å². The number of hydrogen-bond acceptors (Lipinski definition) is 2. The number of hydrogen-bond donors (Lipinski definition) is 1. The molecule has 0 aliphatic heterocycles. The van der Waals surface area contributed by atoms with E-state index in [1.165, 1.54) is 6.07 Å². The molecular formula is C12H16F2N2S. The molecule has 0 spiro atoms. The summed E-state index contributed by atoms with van der Waals surface area (Å²) < 4.78 is 25.8. The summed E-state index contributed by atoms with van der Waals surface area (Å²) in [5.74, 6) is -1.65. The second kappa shape index (κ2) is 6.02. The molecule has 0 radical (unpaired) electrons. The number of halogens is 2. The first kappa shape index (κ1) is 14.0. The van der Waals surface area contributed by atoms with Gasteiger partial charge in [0.2, 0.25) is 0 Å². The third-order valence-electron chi connectivity index (χ3n) is 2.67. The van der Waals surface area contributed by atoms with Crippen molar-refractivity contribution in [2.24, 2.45) is 5.73 Å². The van der Waals surface area contributed by atoms with Crippen molar-refractivity contribution in [2.45, 2.75) is 25.9 Å². The van der Waals surface area contributed by atoms with E-state index in [1.807, 2.05) is 18.9 Å². The molecule has 1 unspecified atom stereocenters. The van der Waals surface area contributed by atoms with Crippen LogP contribution in [0.2, 0.25) is 0 Å². The van der Waals surface area contributed by atoms with Crippen LogP contribution in [0.4, 0.5) is 8.78 Å². The summed E-state index contributed by atoms with van der Waals surface area (Å²) in [5, 5.41) is 0. The molecule has 0 saturated carbocycles. The molecule has 0 saturated heterocycles. The predicted molar refractivity (Wildman–Crippen MR) is 68.7 cm³/mol. The zero-order valence-corrected chi connectivity index (χ0v) is 10.7. The van der Waals surface area contributed by atoms with Gasteiger partial charge in [-0.15, -0.1) is 0 Å². The molecule has 1 atom stereocenters. The van der Waals surface area contributed by atoms with E-state index in [9.17, 15) is 8.78 Å². The van der Waals surface area contributed by atoms with Crippen LogP contribution in [-0.2, 0) is 6.54 Å². The SMILES string of the molecule is CC(CC(N)=S)N(C)Cc1ccc(F)c(F)c1. The van der Waals surface area contributed by atoms with Crippen molar-refractivity contribution >= 4 is 17.2 Å². The summed E-state index contributed by atoms with van der Waals surface area (Å²) in [6.45, 7) is 2.51.